The number of esters is 1. The molecule has 0 saturated heterocycles. The Morgan fingerprint density at radius 2 is 1.00 bits per heavy atom. The maximum atomic E-state index is 12.6. The van der Waals surface area contributed by atoms with Gasteiger partial charge >= 0.3 is 5.97 Å². The second-order valence-electron chi connectivity index (χ2n) is 10.9. The van der Waals surface area contributed by atoms with Gasteiger partial charge in [0.15, 0.2) is 23.3 Å². The van der Waals surface area contributed by atoms with Gasteiger partial charge in [-0.25, -0.2) is 29.9 Å². The van der Waals surface area contributed by atoms with Crippen molar-refractivity contribution in [2.24, 2.45) is 0 Å². The van der Waals surface area contributed by atoms with E-state index in [9.17, 15) is 4.79 Å². The molecule has 0 aliphatic carbocycles. The summed E-state index contributed by atoms with van der Waals surface area (Å²) in [6.45, 7) is 3.52. The van der Waals surface area contributed by atoms with Gasteiger partial charge in [0.1, 0.15) is 22.6 Å². The fourth-order valence-electron chi connectivity index (χ4n) is 6.20. The first-order valence-electron chi connectivity index (χ1n) is 14.7. The third-order valence-corrected chi connectivity index (χ3v) is 8.22. The van der Waals surface area contributed by atoms with E-state index in [0.29, 0.717) is 45.9 Å². The summed E-state index contributed by atoms with van der Waals surface area (Å²) < 4.78 is 5.07. The molecular formula is C36H22N8O2. The maximum Gasteiger partial charge on any atom is 0.315 e. The average molecular weight is 599 g/mol. The zero-order valence-electron chi connectivity index (χ0n) is 24.2. The predicted octanol–water partition coefficient (Wildman–Crippen LogP) is 7.10. The zero-order chi connectivity index (χ0) is 30.8. The van der Waals surface area contributed by atoms with Gasteiger partial charge in [-0.05, 0) is 5.56 Å². The lowest BCUT2D eigenvalue weighted by molar-refractivity contribution is -0.137. The van der Waals surface area contributed by atoms with Gasteiger partial charge in [-0.15, -0.1) is 0 Å². The van der Waals surface area contributed by atoms with Crippen LogP contribution in [0, 0.1) is 0 Å². The molecule has 0 unspecified atom stereocenters. The predicted molar refractivity (Wildman–Crippen MR) is 176 cm³/mol. The summed E-state index contributed by atoms with van der Waals surface area (Å²) >= 11 is 0. The van der Waals surface area contributed by atoms with E-state index in [4.69, 9.17) is 34.6 Å². The van der Waals surface area contributed by atoms with E-state index in [1.54, 1.807) is 0 Å². The third-order valence-electron chi connectivity index (χ3n) is 8.22. The van der Waals surface area contributed by atoms with Crippen molar-refractivity contribution < 1.29 is 9.53 Å². The highest BCUT2D eigenvalue weighted by Gasteiger charge is 2.22. The molecule has 5 heterocycles. The molecule has 0 saturated carbocycles. The fourth-order valence-corrected chi connectivity index (χ4v) is 6.20. The first kappa shape index (κ1) is 25.9. The number of carbonyl (C=O) groups excluding carboxylic acids is 1. The minimum Gasteiger partial charge on any atom is -0.435 e. The van der Waals surface area contributed by atoms with Crippen molar-refractivity contribution in [2.45, 2.75) is 6.42 Å². The number of H-pyrrole nitrogens is 2. The lowest BCUT2D eigenvalue weighted by atomic mass is 10.1. The molecule has 2 aliphatic heterocycles. The summed E-state index contributed by atoms with van der Waals surface area (Å²) in [6, 6.07) is 29.4. The van der Waals surface area contributed by atoms with Gasteiger partial charge in [0.2, 0.25) is 0 Å². The van der Waals surface area contributed by atoms with Crippen LogP contribution in [0.5, 0.6) is 0 Å². The van der Waals surface area contributed by atoms with Crippen LogP contribution in [0.1, 0.15) is 5.56 Å². The van der Waals surface area contributed by atoms with Crippen LogP contribution in [-0.2, 0) is 16.0 Å². The van der Waals surface area contributed by atoms with Crippen LogP contribution in [0.15, 0.2) is 104 Å². The highest BCUT2D eigenvalue weighted by atomic mass is 16.5. The molecule has 0 spiro atoms. The molecule has 2 aliphatic rings. The minimum atomic E-state index is -0.434. The number of benzene rings is 4. The number of carbonyl (C=O) groups is 1. The molecule has 7 aromatic rings. The molecule has 0 fully saturated rings. The Hall–Kier alpha value is -6.55. The van der Waals surface area contributed by atoms with Gasteiger partial charge in [0.05, 0.1) is 12.7 Å². The fraction of sp³-hybridized carbons (Fsp3) is 0.0278. The van der Waals surface area contributed by atoms with E-state index >= 15 is 0 Å². The van der Waals surface area contributed by atoms with E-state index < -0.39 is 5.97 Å². The molecule has 0 amide bonds. The monoisotopic (exact) mass is 598 g/mol. The largest absolute Gasteiger partial charge is 0.435 e. The number of rotatable bonds is 3. The summed E-state index contributed by atoms with van der Waals surface area (Å²) in [5.74, 6) is 1.62. The van der Waals surface area contributed by atoms with Crippen LogP contribution < -0.4 is 0 Å². The first-order chi connectivity index (χ1) is 22.6. The van der Waals surface area contributed by atoms with Crippen LogP contribution in [0.3, 0.4) is 0 Å². The summed E-state index contributed by atoms with van der Waals surface area (Å²) in [4.78, 5) is 49.4. The van der Waals surface area contributed by atoms with Crippen molar-refractivity contribution in [3.05, 3.63) is 109 Å². The molecule has 0 radical (unpaired) electrons. The van der Waals surface area contributed by atoms with Crippen LogP contribution >= 0.6 is 0 Å². The highest BCUT2D eigenvalue weighted by molar-refractivity contribution is 6.08. The molecule has 3 aromatic heterocycles. The number of aromatic amines is 2. The van der Waals surface area contributed by atoms with E-state index in [1.807, 2.05) is 91.0 Å². The van der Waals surface area contributed by atoms with Crippen molar-refractivity contribution in [3.8, 4) is 45.6 Å². The molecule has 2 N–H and O–H groups in total. The topological polar surface area (TPSA) is 135 Å². The number of ether oxygens (including phenoxy) is 1. The second kappa shape index (κ2) is 10.00. The van der Waals surface area contributed by atoms with Crippen LogP contribution in [0.25, 0.3) is 89.7 Å². The highest BCUT2D eigenvalue weighted by Crippen LogP contribution is 2.37. The lowest BCUT2D eigenvalue weighted by Gasteiger charge is -2.02. The van der Waals surface area contributed by atoms with Crippen LogP contribution in [-0.4, -0.2) is 45.8 Å². The summed E-state index contributed by atoms with van der Waals surface area (Å²) in [7, 11) is 0. The van der Waals surface area contributed by atoms with Gasteiger partial charge in [-0.3, -0.25) is 4.79 Å². The maximum absolute atomic E-state index is 12.6. The van der Waals surface area contributed by atoms with E-state index in [2.05, 4.69) is 16.5 Å². The number of hydrogen-bond donors (Lipinski definition) is 2. The van der Waals surface area contributed by atoms with Gasteiger partial charge in [0.25, 0.3) is 0 Å². The van der Waals surface area contributed by atoms with Gasteiger partial charge < -0.3 is 14.7 Å². The van der Waals surface area contributed by atoms with Crippen molar-refractivity contribution in [1.29, 1.82) is 0 Å². The Morgan fingerprint density at radius 1 is 0.565 bits per heavy atom. The Labute approximate surface area is 260 Å². The molecule has 10 heteroatoms. The first-order valence-corrected chi connectivity index (χ1v) is 14.7. The molecule has 4 aromatic carbocycles. The zero-order valence-corrected chi connectivity index (χ0v) is 24.2. The Morgan fingerprint density at radius 3 is 1.52 bits per heavy atom. The third kappa shape index (κ3) is 4.01. The molecule has 0 atom stereocenters. The normalized spacial score (nSPS) is 11.7. The van der Waals surface area contributed by atoms with Crippen molar-refractivity contribution in [2.75, 3.05) is 0 Å². The van der Waals surface area contributed by atoms with Crippen molar-refractivity contribution >= 4 is 50.1 Å². The van der Waals surface area contributed by atoms with Crippen molar-refractivity contribution in [1.82, 2.24) is 39.9 Å². The van der Waals surface area contributed by atoms with Gasteiger partial charge in [0, 0.05) is 43.8 Å². The molecular weight excluding hydrogens is 576 g/mol. The second-order valence-corrected chi connectivity index (χ2v) is 10.9. The van der Waals surface area contributed by atoms with Crippen LogP contribution in [0.4, 0.5) is 0 Å². The quantitative estimate of drug-likeness (QED) is 0.162. The van der Waals surface area contributed by atoms with Gasteiger partial charge in [-0.2, -0.15) is 0 Å². The van der Waals surface area contributed by atoms with E-state index in [-0.39, 0.29) is 6.42 Å². The Kier molecular flexibility index (Phi) is 5.63. The van der Waals surface area contributed by atoms with Crippen LogP contribution in [0.2, 0.25) is 0 Å². The Balaban J connectivity index is 1.46. The molecule has 9 rings (SSSR count). The summed E-state index contributed by atoms with van der Waals surface area (Å²) in [5.41, 5.74) is 6.45. The Bertz CT molecular complexity index is 2600. The van der Waals surface area contributed by atoms with Crippen molar-refractivity contribution in [3.63, 3.8) is 0 Å². The van der Waals surface area contributed by atoms with Gasteiger partial charge in [-0.1, -0.05) is 97.6 Å². The standard InChI is InChI=1S/C36H22N8O2/c1-2-46-27(45)18-19-10-9-17-26-28(19)36-43-34-25-16-8-7-15-24(25)32(41-34)39-30-21-12-4-3-11-20(21)29(37-30)38-31-22-13-5-6-14-23(22)33(40-31)42-35(26)44-36/h2-17H,1,18H2,(H2,37,38,39,40,41,42,43,44). The number of fused-ring (bicyclic) bond motifs is 20. The molecule has 218 valence electrons. The van der Waals surface area contributed by atoms with E-state index in [1.165, 1.54) is 0 Å². The number of hydrogen-bond acceptors (Lipinski definition) is 8. The molecule has 46 heavy (non-hydrogen) atoms. The summed E-state index contributed by atoms with van der Waals surface area (Å²) in [6.07, 6.45) is 1.15. The number of aromatic nitrogens is 8. The smallest absolute Gasteiger partial charge is 0.315 e. The van der Waals surface area contributed by atoms with E-state index in [0.717, 1.165) is 55.6 Å². The number of nitrogens with zero attached hydrogens (tertiary/aromatic N) is 6. The molecule has 8 bridgehead atoms. The molecule has 10 nitrogen and oxygen atoms in total. The number of nitrogens with one attached hydrogen (secondary N) is 2. The minimum absolute atomic E-state index is 0.0154. The SMILES string of the molecule is C=COC(=O)Cc1cccc2c3nc4nc(nc5[nH]c(nc6nc(nc([nH]3)c12)-c1ccccc1-6)c1ccccc51)-c1ccccc1-4. The lowest BCUT2D eigenvalue weighted by Crippen LogP contribution is -2.04. The summed E-state index contributed by atoms with van der Waals surface area (Å²) in [5, 5.41) is 3.34. The average Bonchev–Trinajstić information content (AvgIpc) is 3.81.